The third-order valence-corrected chi connectivity index (χ3v) is 2.97. The number of ether oxygens (including phenoxy) is 1. The number of carbonyl (C=O) groups is 1. The molecule has 1 rings (SSSR count). The van der Waals surface area contributed by atoms with Gasteiger partial charge in [-0.3, -0.25) is 4.79 Å². The van der Waals surface area contributed by atoms with Crippen molar-refractivity contribution in [3.05, 3.63) is 29.8 Å². The molecule has 106 valence electrons. The maximum absolute atomic E-state index is 10.5. The molecule has 1 aromatic rings. The number of nitrogens with two attached hydrogens (primary N) is 1. The molecule has 1 unspecified atom stereocenters. The molecule has 1 atom stereocenters. The molecule has 0 fully saturated rings. The second-order valence-electron chi connectivity index (χ2n) is 5.68. The SMILES string of the molecule is CC(C)(C)c1ccc(OC(CN)CCC(=O)O)cc1. The summed E-state index contributed by atoms with van der Waals surface area (Å²) in [4.78, 5) is 10.5. The summed E-state index contributed by atoms with van der Waals surface area (Å²) in [6, 6.07) is 7.87. The second kappa shape index (κ2) is 6.57. The maximum atomic E-state index is 10.5. The normalized spacial score (nSPS) is 13.1. The summed E-state index contributed by atoms with van der Waals surface area (Å²) in [5.41, 5.74) is 6.93. The predicted molar refractivity (Wildman–Crippen MR) is 75.5 cm³/mol. The molecule has 19 heavy (non-hydrogen) atoms. The molecule has 0 spiro atoms. The molecule has 0 radical (unpaired) electrons. The van der Waals surface area contributed by atoms with Crippen molar-refractivity contribution in [2.45, 2.75) is 45.1 Å². The maximum Gasteiger partial charge on any atom is 0.303 e. The van der Waals surface area contributed by atoms with Crippen LogP contribution in [0.4, 0.5) is 0 Å². The Labute approximate surface area is 114 Å². The lowest BCUT2D eigenvalue weighted by Gasteiger charge is -2.20. The smallest absolute Gasteiger partial charge is 0.303 e. The van der Waals surface area contributed by atoms with E-state index >= 15 is 0 Å². The molecular formula is C15H23NO3. The third kappa shape index (κ3) is 5.30. The monoisotopic (exact) mass is 265 g/mol. The lowest BCUT2D eigenvalue weighted by atomic mass is 9.87. The Hall–Kier alpha value is -1.55. The van der Waals surface area contributed by atoms with Gasteiger partial charge in [-0.1, -0.05) is 32.9 Å². The second-order valence-corrected chi connectivity index (χ2v) is 5.68. The Morgan fingerprint density at radius 1 is 1.32 bits per heavy atom. The van der Waals surface area contributed by atoms with Gasteiger partial charge in [-0.25, -0.2) is 0 Å². The van der Waals surface area contributed by atoms with Crippen LogP contribution in [0.2, 0.25) is 0 Å². The van der Waals surface area contributed by atoms with Crippen molar-refractivity contribution in [2.24, 2.45) is 5.73 Å². The lowest BCUT2D eigenvalue weighted by molar-refractivity contribution is -0.137. The van der Waals surface area contributed by atoms with E-state index in [1.165, 1.54) is 5.56 Å². The molecule has 0 aliphatic carbocycles. The van der Waals surface area contributed by atoms with Crippen LogP contribution in [0.1, 0.15) is 39.2 Å². The number of hydrogen-bond donors (Lipinski definition) is 2. The minimum atomic E-state index is -0.829. The van der Waals surface area contributed by atoms with Crippen LogP contribution < -0.4 is 10.5 Å². The van der Waals surface area contributed by atoms with Gasteiger partial charge in [-0.2, -0.15) is 0 Å². The van der Waals surface area contributed by atoms with Crippen LogP contribution >= 0.6 is 0 Å². The molecule has 0 aliphatic heterocycles. The lowest BCUT2D eigenvalue weighted by Crippen LogP contribution is -2.27. The summed E-state index contributed by atoms with van der Waals surface area (Å²) < 4.78 is 5.69. The van der Waals surface area contributed by atoms with Crippen molar-refractivity contribution in [3.63, 3.8) is 0 Å². The van der Waals surface area contributed by atoms with Crippen molar-refractivity contribution in [2.75, 3.05) is 6.54 Å². The van der Waals surface area contributed by atoms with Gasteiger partial charge in [-0.05, 0) is 29.5 Å². The minimum absolute atomic E-state index is 0.0714. The van der Waals surface area contributed by atoms with Gasteiger partial charge in [0.25, 0.3) is 0 Å². The number of rotatable bonds is 6. The summed E-state index contributed by atoms with van der Waals surface area (Å²) in [5.74, 6) is -0.0982. The molecular weight excluding hydrogens is 242 g/mol. The van der Waals surface area contributed by atoms with Crippen LogP contribution in [0, 0.1) is 0 Å². The molecule has 4 heteroatoms. The molecule has 1 aromatic carbocycles. The van der Waals surface area contributed by atoms with Crippen molar-refractivity contribution in [3.8, 4) is 5.75 Å². The molecule has 0 heterocycles. The third-order valence-electron chi connectivity index (χ3n) is 2.97. The Bertz CT molecular complexity index is 406. The number of carboxylic acid groups (broad SMARTS) is 1. The fraction of sp³-hybridized carbons (Fsp3) is 0.533. The summed E-state index contributed by atoms with van der Waals surface area (Å²) in [5, 5.41) is 8.65. The van der Waals surface area contributed by atoms with Gasteiger partial charge in [0.05, 0.1) is 0 Å². The summed E-state index contributed by atoms with van der Waals surface area (Å²) >= 11 is 0. The number of carboxylic acids is 1. The number of hydrogen-bond acceptors (Lipinski definition) is 3. The number of aliphatic carboxylic acids is 1. The molecule has 0 bridgehead atoms. The average Bonchev–Trinajstić information content (AvgIpc) is 2.33. The van der Waals surface area contributed by atoms with Gasteiger partial charge in [0, 0.05) is 13.0 Å². The summed E-state index contributed by atoms with van der Waals surface area (Å²) in [7, 11) is 0. The Morgan fingerprint density at radius 3 is 2.32 bits per heavy atom. The quantitative estimate of drug-likeness (QED) is 0.829. The van der Waals surface area contributed by atoms with Crippen LogP contribution in [0.3, 0.4) is 0 Å². The van der Waals surface area contributed by atoms with Crippen LogP contribution in [0.25, 0.3) is 0 Å². The van der Waals surface area contributed by atoms with E-state index in [-0.39, 0.29) is 17.9 Å². The van der Waals surface area contributed by atoms with Gasteiger partial charge in [0.1, 0.15) is 11.9 Å². The van der Waals surface area contributed by atoms with E-state index in [0.717, 1.165) is 5.75 Å². The number of benzene rings is 1. The Morgan fingerprint density at radius 2 is 1.89 bits per heavy atom. The summed E-state index contributed by atoms with van der Waals surface area (Å²) in [6.07, 6.45) is 0.242. The first-order chi connectivity index (χ1) is 8.82. The van der Waals surface area contributed by atoms with Crippen molar-refractivity contribution >= 4 is 5.97 Å². The van der Waals surface area contributed by atoms with E-state index in [2.05, 4.69) is 20.8 Å². The van der Waals surface area contributed by atoms with Crippen LogP contribution in [0.5, 0.6) is 5.75 Å². The van der Waals surface area contributed by atoms with Crippen molar-refractivity contribution < 1.29 is 14.6 Å². The Balaban J connectivity index is 2.63. The molecule has 4 nitrogen and oxygen atoms in total. The first kappa shape index (κ1) is 15.5. The highest BCUT2D eigenvalue weighted by Gasteiger charge is 2.14. The first-order valence-electron chi connectivity index (χ1n) is 6.52. The molecule has 3 N–H and O–H groups in total. The predicted octanol–water partition coefficient (Wildman–Crippen LogP) is 2.56. The standard InChI is InChI=1S/C15H23NO3/c1-15(2,3)11-4-6-12(7-5-11)19-13(10-16)8-9-14(17)18/h4-7,13H,8-10,16H2,1-3H3,(H,17,18). The van der Waals surface area contributed by atoms with Crippen molar-refractivity contribution in [1.82, 2.24) is 0 Å². The van der Waals surface area contributed by atoms with E-state index in [1.807, 2.05) is 24.3 Å². The zero-order valence-electron chi connectivity index (χ0n) is 11.8. The zero-order chi connectivity index (χ0) is 14.5. The highest BCUT2D eigenvalue weighted by Crippen LogP contribution is 2.24. The highest BCUT2D eigenvalue weighted by molar-refractivity contribution is 5.66. The first-order valence-corrected chi connectivity index (χ1v) is 6.52. The molecule has 0 aromatic heterocycles. The molecule has 0 saturated carbocycles. The van der Waals surface area contributed by atoms with E-state index in [4.69, 9.17) is 15.6 Å². The van der Waals surface area contributed by atoms with E-state index in [1.54, 1.807) is 0 Å². The fourth-order valence-electron chi connectivity index (χ4n) is 1.74. The van der Waals surface area contributed by atoms with Crippen LogP contribution in [0.15, 0.2) is 24.3 Å². The van der Waals surface area contributed by atoms with Gasteiger partial charge in [-0.15, -0.1) is 0 Å². The highest BCUT2D eigenvalue weighted by atomic mass is 16.5. The van der Waals surface area contributed by atoms with E-state index in [0.29, 0.717) is 13.0 Å². The zero-order valence-corrected chi connectivity index (χ0v) is 11.8. The molecule has 0 saturated heterocycles. The van der Waals surface area contributed by atoms with Crippen LogP contribution in [-0.4, -0.2) is 23.7 Å². The largest absolute Gasteiger partial charge is 0.489 e. The Kier molecular flexibility index (Phi) is 5.36. The van der Waals surface area contributed by atoms with Gasteiger partial charge in [0.2, 0.25) is 0 Å². The fourth-order valence-corrected chi connectivity index (χ4v) is 1.74. The minimum Gasteiger partial charge on any atom is -0.489 e. The van der Waals surface area contributed by atoms with E-state index < -0.39 is 5.97 Å². The van der Waals surface area contributed by atoms with Gasteiger partial charge >= 0.3 is 5.97 Å². The van der Waals surface area contributed by atoms with Crippen molar-refractivity contribution in [1.29, 1.82) is 0 Å². The summed E-state index contributed by atoms with van der Waals surface area (Å²) in [6.45, 7) is 6.77. The van der Waals surface area contributed by atoms with Crippen LogP contribution in [-0.2, 0) is 10.2 Å². The van der Waals surface area contributed by atoms with E-state index in [9.17, 15) is 4.79 Å². The topological polar surface area (TPSA) is 72.5 Å². The van der Waals surface area contributed by atoms with Gasteiger partial charge < -0.3 is 15.6 Å². The van der Waals surface area contributed by atoms with Gasteiger partial charge in [0.15, 0.2) is 0 Å². The average molecular weight is 265 g/mol. The molecule has 0 aliphatic rings. The molecule has 0 amide bonds.